The van der Waals surface area contributed by atoms with Crippen LogP contribution in [0.1, 0.15) is 55.2 Å². The summed E-state index contributed by atoms with van der Waals surface area (Å²) in [7, 11) is 0. The minimum atomic E-state index is -0.594. The van der Waals surface area contributed by atoms with E-state index < -0.39 is 11.6 Å². The molecule has 0 fully saturated rings. The second-order valence-electron chi connectivity index (χ2n) is 19.7. The molecule has 19 nitrogen and oxygen atoms in total. The fourth-order valence-corrected chi connectivity index (χ4v) is 11.5. The second-order valence-corrected chi connectivity index (χ2v) is 20.6. The number of nitrogens with two attached hydrogens (primary N) is 1. The first kappa shape index (κ1) is 50.1. The Balaban J connectivity index is 0.000000113. The summed E-state index contributed by atoms with van der Waals surface area (Å²) in [6.07, 6.45) is 14.1. The van der Waals surface area contributed by atoms with E-state index in [0.717, 1.165) is 117 Å². The molecule has 80 heavy (non-hydrogen) atoms. The van der Waals surface area contributed by atoms with Crippen molar-refractivity contribution in [2.45, 2.75) is 57.8 Å². The zero-order chi connectivity index (χ0) is 54.4. The number of fused-ring (bicyclic) bond motifs is 12. The van der Waals surface area contributed by atoms with Crippen molar-refractivity contribution >= 4 is 112 Å². The predicted octanol–water partition coefficient (Wildman–Crippen LogP) is 13.0. The smallest absolute Gasteiger partial charge is 0.257 e. The van der Waals surface area contributed by atoms with E-state index in [1.807, 2.05) is 24.3 Å². The van der Waals surface area contributed by atoms with Gasteiger partial charge in [0, 0.05) is 57.8 Å². The Kier molecular flexibility index (Phi) is 13.2. The average Bonchev–Trinajstić information content (AvgIpc) is 4.28. The van der Waals surface area contributed by atoms with E-state index in [0.29, 0.717) is 49.7 Å². The standard InChI is InChI=1S/C19H15BrFN5.C19H15FN8.C19H17FN6/c20-14-10-17-13(9-15(14)21)18(23-19-24-22-11-26(17)19)25-8-4-3-6-12-5-1-2-7-16(12)25;20-14-9-13-17(10-15(14)24-26-21)28-11-22-25-19(28)23-18(13)27-8-4-3-6-12-5-1-2-7-16(12)27;20-14-9-13-17(10-15(14)21)26-11-22-24-19(26)23-18(13)25-8-4-3-6-12-5-1-2-7-16(12)25/h1-2,5,7,9-11H,3-4,6,8H2;1-2,5,7,9-11H,3-4,6,8H2;1-2,5,7,9-11H,3-4,6,8,21H2. The lowest BCUT2D eigenvalue weighted by Crippen LogP contribution is -2.20. The molecule has 0 spiro atoms. The van der Waals surface area contributed by atoms with E-state index in [1.165, 1.54) is 47.3 Å². The van der Waals surface area contributed by atoms with Crippen LogP contribution in [0.5, 0.6) is 0 Å². The minimum Gasteiger partial charge on any atom is -0.396 e. The van der Waals surface area contributed by atoms with Gasteiger partial charge in [0.05, 0.1) is 32.4 Å². The average molecular weight is 1140 g/mol. The maximum Gasteiger partial charge on any atom is 0.257 e. The molecule has 0 saturated carbocycles. The maximum atomic E-state index is 14.6. The number of rotatable bonds is 4. The number of hydrogen-bond acceptors (Lipinski definition) is 14. The summed E-state index contributed by atoms with van der Waals surface area (Å²) in [5.74, 6) is 2.07. The van der Waals surface area contributed by atoms with Gasteiger partial charge < -0.3 is 20.4 Å². The number of benzene rings is 6. The van der Waals surface area contributed by atoms with Gasteiger partial charge in [0.25, 0.3) is 17.3 Å². The van der Waals surface area contributed by atoms with E-state index in [2.05, 4.69) is 125 Å². The fourth-order valence-electron chi connectivity index (χ4n) is 11.2. The number of azide groups is 1. The van der Waals surface area contributed by atoms with E-state index in [-0.39, 0.29) is 17.2 Å². The molecular formula is C57H47BrF3N19. The molecule has 15 rings (SSSR count). The molecular weight excluding hydrogens is 1090 g/mol. The third kappa shape index (κ3) is 9.08. The Hall–Kier alpha value is -9.47. The lowest BCUT2D eigenvalue weighted by atomic mass is 10.1. The van der Waals surface area contributed by atoms with Gasteiger partial charge in [0.2, 0.25) is 0 Å². The van der Waals surface area contributed by atoms with Crippen molar-refractivity contribution in [2.24, 2.45) is 5.11 Å². The second kappa shape index (κ2) is 21.1. The van der Waals surface area contributed by atoms with Crippen LogP contribution in [-0.2, 0) is 19.3 Å². The van der Waals surface area contributed by atoms with Crippen LogP contribution >= 0.6 is 15.9 Å². The SMILES string of the molecule is Fc1cc2c(N3CCCCc4ccccc43)nc3nncn3c2cc1Br.Nc1cc2c(cc1F)c(N1CCCCc3ccccc31)nc1nncn12.[N-]=[N+]=Nc1cc2c(cc1F)c(N1CCCCc3ccccc31)nc1nncn12. The summed E-state index contributed by atoms with van der Waals surface area (Å²) < 4.78 is 48.8. The zero-order valence-electron chi connectivity index (χ0n) is 42.7. The number of nitrogen functional groups attached to an aromatic ring is 1. The minimum absolute atomic E-state index is 0.0709. The van der Waals surface area contributed by atoms with E-state index in [1.54, 1.807) is 38.0 Å². The van der Waals surface area contributed by atoms with Crippen molar-refractivity contribution in [3.05, 3.63) is 177 Å². The molecule has 12 aromatic rings. The molecule has 3 aliphatic rings. The molecule has 6 aromatic heterocycles. The molecule has 6 aromatic carbocycles. The lowest BCUT2D eigenvalue weighted by Gasteiger charge is -2.25. The van der Waals surface area contributed by atoms with Crippen molar-refractivity contribution in [2.75, 3.05) is 40.1 Å². The van der Waals surface area contributed by atoms with Crippen LogP contribution in [0, 0.1) is 17.5 Å². The van der Waals surface area contributed by atoms with E-state index in [9.17, 15) is 13.2 Å². The van der Waals surface area contributed by atoms with Crippen molar-refractivity contribution in [1.82, 2.24) is 58.7 Å². The molecule has 0 saturated heterocycles. The summed E-state index contributed by atoms with van der Waals surface area (Å²) in [5, 5.41) is 29.7. The molecule has 0 radical (unpaired) electrons. The summed E-state index contributed by atoms with van der Waals surface area (Å²) in [4.78, 5) is 23.3. The molecule has 0 amide bonds. The molecule has 0 bridgehead atoms. The maximum absolute atomic E-state index is 14.6. The Morgan fingerprint density at radius 2 is 0.875 bits per heavy atom. The third-order valence-electron chi connectivity index (χ3n) is 14.9. The highest BCUT2D eigenvalue weighted by Crippen LogP contribution is 2.41. The van der Waals surface area contributed by atoms with Crippen LogP contribution in [0.3, 0.4) is 0 Å². The summed E-state index contributed by atoms with van der Waals surface area (Å²) >= 11 is 3.29. The monoisotopic (exact) mass is 1130 g/mol. The Morgan fingerprint density at radius 1 is 0.487 bits per heavy atom. The molecule has 0 aliphatic carbocycles. The molecule has 9 heterocycles. The predicted molar refractivity (Wildman–Crippen MR) is 305 cm³/mol. The summed E-state index contributed by atoms with van der Waals surface area (Å²) in [6.45, 7) is 2.42. The number of aromatic nitrogens is 12. The van der Waals surface area contributed by atoms with Gasteiger partial charge in [-0.15, -0.1) is 30.6 Å². The first-order valence-corrected chi connectivity index (χ1v) is 27.0. The van der Waals surface area contributed by atoms with Gasteiger partial charge in [0.15, 0.2) is 0 Å². The first-order valence-electron chi connectivity index (χ1n) is 26.2. The third-order valence-corrected chi connectivity index (χ3v) is 15.5. The molecule has 2 N–H and O–H groups in total. The molecule has 0 unspecified atom stereocenters. The number of halogens is 4. The highest BCUT2D eigenvalue weighted by Gasteiger charge is 2.26. The van der Waals surface area contributed by atoms with Crippen LogP contribution in [-0.4, -0.2) is 78.4 Å². The largest absolute Gasteiger partial charge is 0.396 e. The van der Waals surface area contributed by atoms with Crippen LogP contribution in [0.15, 0.2) is 138 Å². The summed E-state index contributed by atoms with van der Waals surface area (Å²) in [6, 6.07) is 34.1. The number of nitrogens with zero attached hydrogens (tertiary/aromatic N) is 18. The van der Waals surface area contributed by atoms with Crippen LogP contribution in [0.25, 0.3) is 60.5 Å². The number of aryl methyl sites for hydroxylation is 3. The highest BCUT2D eigenvalue weighted by atomic mass is 79.9. The van der Waals surface area contributed by atoms with Crippen molar-refractivity contribution in [3.63, 3.8) is 0 Å². The molecule has 398 valence electrons. The number of anilines is 7. The Morgan fingerprint density at radius 3 is 1.31 bits per heavy atom. The van der Waals surface area contributed by atoms with Crippen LogP contribution in [0.2, 0.25) is 0 Å². The number of hydrogen-bond donors (Lipinski definition) is 1. The molecule has 23 heteroatoms. The fraction of sp³-hybridized carbons (Fsp3) is 0.211. The van der Waals surface area contributed by atoms with Crippen molar-refractivity contribution < 1.29 is 13.2 Å². The Labute approximate surface area is 461 Å². The molecule has 0 atom stereocenters. The van der Waals surface area contributed by atoms with Crippen molar-refractivity contribution in [1.29, 1.82) is 0 Å². The molecule has 3 aliphatic heterocycles. The van der Waals surface area contributed by atoms with Crippen LogP contribution in [0.4, 0.5) is 59.1 Å². The van der Waals surface area contributed by atoms with Gasteiger partial charge in [-0.2, -0.15) is 15.0 Å². The normalized spacial score (nSPS) is 14.4. The summed E-state index contributed by atoms with van der Waals surface area (Å²) in [5.41, 5.74) is 23.9. The van der Waals surface area contributed by atoms with Gasteiger partial charge in [-0.1, -0.05) is 59.7 Å². The Bertz CT molecular complexity index is 4240. The zero-order valence-corrected chi connectivity index (χ0v) is 44.3. The topological polar surface area (TPSA) is 214 Å². The van der Waals surface area contributed by atoms with Gasteiger partial charge in [-0.3, -0.25) is 13.2 Å². The van der Waals surface area contributed by atoms with Gasteiger partial charge >= 0.3 is 0 Å². The van der Waals surface area contributed by atoms with Gasteiger partial charge in [-0.05, 0) is 151 Å². The first-order chi connectivity index (χ1) is 39.2. The van der Waals surface area contributed by atoms with E-state index >= 15 is 0 Å². The lowest BCUT2D eigenvalue weighted by molar-refractivity contribution is 0.623. The van der Waals surface area contributed by atoms with E-state index in [4.69, 9.17) is 21.2 Å². The van der Waals surface area contributed by atoms with Crippen molar-refractivity contribution in [3.8, 4) is 0 Å². The van der Waals surface area contributed by atoms with Gasteiger partial charge in [0.1, 0.15) is 53.9 Å². The number of para-hydroxylation sites is 3. The highest BCUT2D eigenvalue weighted by molar-refractivity contribution is 9.10. The quantitative estimate of drug-likeness (QED) is 0.0752. The van der Waals surface area contributed by atoms with Gasteiger partial charge in [-0.25, -0.2) is 13.2 Å². The van der Waals surface area contributed by atoms with Crippen LogP contribution < -0.4 is 20.4 Å².